The van der Waals surface area contributed by atoms with Gasteiger partial charge in [0.05, 0.1) is 0 Å². The van der Waals surface area contributed by atoms with Gasteiger partial charge in [-0.15, -0.1) is 0 Å². The van der Waals surface area contributed by atoms with Crippen LogP contribution in [0.2, 0.25) is 5.02 Å². The number of ether oxygens (including phenoxy) is 1. The molecular weight excluding hydrogens is 324 g/mol. The Balaban J connectivity index is 1.97. The van der Waals surface area contributed by atoms with E-state index in [9.17, 15) is 5.11 Å². The molecule has 2 nitrogen and oxygen atoms in total. The fourth-order valence-corrected chi connectivity index (χ4v) is 3.14. The second-order valence-corrected chi connectivity index (χ2v) is 5.49. The Hall–Kier alpha value is -0.550. The van der Waals surface area contributed by atoms with Crippen LogP contribution >= 0.6 is 38.9 Å². The molecule has 0 radical (unpaired) electrons. The van der Waals surface area contributed by atoms with Crippen molar-refractivity contribution in [3.63, 3.8) is 0 Å². The lowest BCUT2D eigenvalue weighted by Gasteiger charge is -2.12. The van der Waals surface area contributed by atoms with Gasteiger partial charge in [0.2, 0.25) is 0 Å². The summed E-state index contributed by atoms with van der Waals surface area (Å²) in [4.78, 5) is 0. The Bertz CT molecular complexity index is 501. The maximum Gasteiger partial charge on any atom is 0.120 e. The van der Waals surface area contributed by atoms with Crippen LogP contribution in [-0.4, -0.2) is 11.7 Å². The minimum atomic E-state index is -0.644. The highest BCUT2D eigenvalue weighted by Crippen LogP contribution is 2.28. The Labute approximate surface area is 117 Å². The van der Waals surface area contributed by atoms with Gasteiger partial charge in [0.15, 0.2) is 0 Å². The number of hydrogen-bond donors (Lipinski definition) is 1. The molecule has 5 heteroatoms. The summed E-state index contributed by atoms with van der Waals surface area (Å²) in [5.41, 5.74) is 0.844. The molecule has 1 aromatic carbocycles. The van der Waals surface area contributed by atoms with E-state index in [0.29, 0.717) is 10.8 Å². The van der Waals surface area contributed by atoms with Gasteiger partial charge in [-0.05, 0) is 39.5 Å². The van der Waals surface area contributed by atoms with E-state index in [2.05, 4.69) is 15.9 Å². The van der Waals surface area contributed by atoms with Crippen molar-refractivity contribution in [1.29, 1.82) is 0 Å². The second kappa shape index (κ2) is 5.87. The Kier molecular flexibility index (Phi) is 4.45. The molecule has 1 unspecified atom stereocenters. The van der Waals surface area contributed by atoms with Crippen molar-refractivity contribution in [1.82, 2.24) is 0 Å². The molecular formula is C12H10BrClO2S. The molecule has 90 valence electrons. The molecule has 1 N–H and O–H groups in total. The van der Waals surface area contributed by atoms with Crippen LogP contribution in [0.1, 0.15) is 11.7 Å². The third kappa shape index (κ3) is 3.45. The molecule has 0 aliphatic rings. The number of benzene rings is 1. The average Bonchev–Trinajstić information content (AvgIpc) is 2.72. The molecule has 0 fully saturated rings. The molecule has 0 spiro atoms. The van der Waals surface area contributed by atoms with Crippen molar-refractivity contribution in [2.45, 2.75) is 6.10 Å². The second-order valence-electron chi connectivity index (χ2n) is 3.46. The maximum atomic E-state index is 9.94. The van der Waals surface area contributed by atoms with E-state index in [1.54, 1.807) is 18.2 Å². The highest BCUT2D eigenvalue weighted by atomic mass is 79.9. The lowest BCUT2D eigenvalue weighted by Crippen LogP contribution is -2.09. The van der Waals surface area contributed by atoms with Crippen LogP contribution in [0.3, 0.4) is 0 Å². The molecule has 1 aromatic heterocycles. The summed E-state index contributed by atoms with van der Waals surface area (Å²) < 4.78 is 6.38. The first-order chi connectivity index (χ1) is 8.16. The van der Waals surface area contributed by atoms with E-state index in [-0.39, 0.29) is 6.61 Å². The van der Waals surface area contributed by atoms with E-state index < -0.39 is 6.10 Å². The first kappa shape index (κ1) is 12.9. The van der Waals surface area contributed by atoms with Crippen LogP contribution < -0.4 is 4.74 Å². The fourth-order valence-electron chi connectivity index (χ4n) is 1.35. The van der Waals surface area contributed by atoms with E-state index >= 15 is 0 Å². The number of aliphatic hydroxyl groups is 1. The summed E-state index contributed by atoms with van der Waals surface area (Å²) in [5, 5.41) is 14.4. The molecule has 0 saturated heterocycles. The SMILES string of the molecule is OC(COc1cccc(Cl)c1)c1cscc1Br. The van der Waals surface area contributed by atoms with Gasteiger partial charge in [-0.25, -0.2) is 0 Å². The number of thiophene rings is 1. The van der Waals surface area contributed by atoms with Crippen LogP contribution in [0.5, 0.6) is 5.75 Å². The fraction of sp³-hybridized carbons (Fsp3) is 0.167. The van der Waals surface area contributed by atoms with Crippen LogP contribution in [-0.2, 0) is 0 Å². The summed E-state index contributed by atoms with van der Waals surface area (Å²) >= 11 is 10.8. The summed E-state index contributed by atoms with van der Waals surface area (Å²) in [7, 11) is 0. The molecule has 1 heterocycles. The summed E-state index contributed by atoms with van der Waals surface area (Å²) in [6, 6.07) is 7.11. The van der Waals surface area contributed by atoms with Crippen molar-refractivity contribution < 1.29 is 9.84 Å². The van der Waals surface area contributed by atoms with Gasteiger partial charge in [0.1, 0.15) is 18.5 Å². The molecule has 17 heavy (non-hydrogen) atoms. The van der Waals surface area contributed by atoms with Crippen LogP contribution in [0, 0.1) is 0 Å². The number of rotatable bonds is 4. The van der Waals surface area contributed by atoms with Gasteiger partial charge >= 0.3 is 0 Å². The Morgan fingerprint density at radius 2 is 2.24 bits per heavy atom. The van der Waals surface area contributed by atoms with Gasteiger partial charge in [0, 0.05) is 20.4 Å². The van der Waals surface area contributed by atoms with Gasteiger partial charge < -0.3 is 9.84 Å². The molecule has 0 aliphatic carbocycles. The van der Waals surface area contributed by atoms with Gasteiger partial charge in [-0.3, -0.25) is 0 Å². The first-order valence-electron chi connectivity index (χ1n) is 4.95. The summed E-state index contributed by atoms with van der Waals surface area (Å²) in [5.74, 6) is 0.655. The van der Waals surface area contributed by atoms with Gasteiger partial charge in [0.25, 0.3) is 0 Å². The van der Waals surface area contributed by atoms with E-state index in [4.69, 9.17) is 16.3 Å². The number of hydrogen-bond acceptors (Lipinski definition) is 3. The van der Waals surface area contributed by atoms with Crippen molar-refractivity contribution in [2.24, 2.45) is 0 Å². The molecule has 0 bridgehead atoms. The van der Waals surface area contributed by atoms with Crippen molar-refractivity contribution in [2.75, 3.05) is 6.61 Å². The lowest BCUT2D eigenvalue weighted by atomic mass is 10.2. The smallest absolute Gasteiger partial charge is 0.120 e. The first-order valence-corrected chi connectivity index (χ1v) is 7.06. The molecule has 0 aliphatic heterocycles. The monoisotopic (exact) mass is 332 g/mol. The van der Waals surface area contributed by atoms with E-state index in [0.717, 1.165) is 10.0 Å². The molecule has 0 saturated carbocycles. The predicted octanol–water partition coefficient (Wildman–Crippen LogP) is 4.28. The van der Waals surface area contributed by atoms with Crippen molar-refractivity contribution >= 4 is 38.9 Å². The van der Waals surface area contributed by atoms with E-state index in [1.807, 2.05) is 16.8 Å². The normalized spacial score (nSPS) is 12.4. The van der Waals surface area contributed by atoms with Crippen LogP contribution in [0.15, 0.2) is 39.5 Å². The molecule has 1 atom stereocenters. The number of halogens is 2. The zero-order valence-corrected chi connectivity index (χ0v) is 11.9. The Morgan fingerprint density at radius 1 is 1.41 bits per heavy atom. The summed E-state index contributed by atoms with van der Waals surface area (Å²) in [6.45, 7) is 0.204. The van der Waals surface area contributed by atoms with Crippen LogP contribution in [0.25, 0.3) is 0 Å². The third-order valence-electron chi connectivity index (χ3n) is 2.21. The van der Waals surface area contributed by atoms with Gasteiger partial charge in [-0.2, -0.15) is 11.3 Å². The zero-order valence-electron chi connectivity index (χ0n) is 8.77. The summed E-state index contributed by atoms with van der Waals surface area (Å²) in [6.07, 6.45) is -0.644. The topological polar surface area (TPSA) is 29.5 Å². The minimum absolute atomic E-state index is 0.204. The molecule has 2 aromatic rings. The molecule has 2 rings (SSSR count). The van der Waals surface area contributed by atoms with Gasteiger partial charge in [-0.1, -0.05) is 17.7 Å². The van der Waals surface area contributed by atoms with E-state index in [1.165, 1.54) is 11.3 Å². The predicted molar refractivity (Wildman–Crippen MR) is 73.9 cm³/mol. The van der Waals surface area contributed by atoms with Crippen molar-refractivity contribution in [3.05, 3.63) is 50.1 Å². The van der Waals surface area contributed by atoms with Crippen LogP contribution in [0.4, 0.5) is 0 Å². The highest BCUT2D eigenvalue weighted by Gasteiger charge is 2.12. The maximum absolute atomic E-state index is 9.94. The zero-order chi connectivity index (χ0) is 12.3. The third-order valence-corrected chi connectivity index (χ3v) is 4.19. The minimum Gasteiger partial charge on any atom is -0.490 e. The highest BCUT2D eigenvalue weighted by molar-refractivity contribution is 9.10. The average molecular weight is 334 g/mol. The lowest BCUT2D eigenvalue weighted by molar-refractivity contribution is 0.108. The largest absolute Gasteiger partial charge is 0.490 e. The van der Waals surface area contributed by atoms with Crippen molar-refractivity contribution in [3.8, 4) is 5.75 Å². The Morgan fingerprint density at radius 3 is 2.88 bits per heavy atom. The standard InChI is InChI=1S/C12H10BrClO2S/c13-11-7-17-6-10(11)12(15)5-16-9-3-1-2-8(14)4-9/h1-4,6-7,12,15H,5H2. The number of aliphatic hydroxyl groups excluding tert-OH is 1. The quantitative estimate of drug-likeness (QED) is 0.905. The molecule has 0 amide bonds.